The molecule has 1 atom stereocenters. The largest absolute Gasteiger partial charge is 0.384 e. The number of benzene rings is 1. The van der Waals surface area contributed by atoms with Crippen molar-refractivity contribution in [2.24, 2.45) is 5.92 Å². The van der Waals surface area contributed by atoms with Crippen LogP contribution in [0.3, 0.4) is 0 Å². The van der Waals surface area contributed by atoms with Gasteiger partial charge in [-0.2, -0.15) is 0 Å². The monoisotopic (exact) mass is 330 g/mol. The van der Waals surface area contributed by atoms with Crippen LogP contribution in [0.15, 0.2) is 24.3 Å². The van der Waals surface area contributed by atoms with Gasteiger partial charge in [0.2, 0.25) is 5.91 Å². The molecule has 1 aromatic carbocycles. The van der Waals surface area contributed by atoms with Gasteiger partial charge in [0.25, 0.3) is 5.91 Å². The number of carbonyl (C=O) groups excluding carboxylic acids is 2. The number of rotatable bonds is 4. The van der Waals surface area contributed by atoms with Crippen LogP contribution in [-0.4, -0.2) is 50.1 Å². The smallest absolute Gasteiger partial charge is 0.253 e. The predicted molar refractivity (Wildman–Crippen MR) is 93.1 cm³/mol. The van der Waals surface area contributed by atoms with E-state index in [1.165, 1.54) is 0 Å². The molecule has 0 bridgehead atoms. The lowest BCUT2D eigenvalue weighted by molar-refractivity contribution is -0.117. The van der Waals surface area contributed by atoms with Crippen molar-refractivity contribution in [2.45, 2.75) is 32.1 Å². The zero-order valence-electron chi connectivity index (χ0n) is 14.4. The van der Waals surface area contributed by atoms with Crippen molar-refractivity contribution in [3.05, 3.63) is 29.8 Å². The molecule has 0 aliphatic carbocycles. The fraction of sp³-hybridized carbons (Fsp3) is 0.579. The van der Waals surface area contributed by atoms with Crippen LogP contribution in [0.5, 0.6) is 0 Å². The summed E-state index contributed by atoms with van der Waals surface area (Å²) in [6.07, 6.45) is 4.84. The Morgan fingerprint density at radius 3 is 2.62 bits per heavy atom. The molecule has 24 heavy (non-hydrogen) atoms. The van der Waals surface area contributed by atoms with E-state index in [0.717, 1.165) is 51.0 Å². The van der Waals surface area contributed by atoms with Crippen molar-refractivity contribution >= 4 is 17.5 Å². The van der Waals surface area contributed by atoms with E-state index in [1.54, 1.807) is 12.0 Å². The highest BCUT2D eigenvalue weighted by atomic mass is 16.5. The fourth-order valence-electron chi connectivity index (χ4n) is 3.67. The summed E-state index contributed by atoms with van der Waals surface area (Å²) in [6.45, 7) is 3.06. The lowest BCUT2D eigenvalue weighted by Crippen LogP contribution is -2.35. The van der Waals surface area contributed by atoms with E-state index in [4.69, 9.17) is 4.74 Å². The molecule has 3 rings (SSSR count). The summed E-state index contributed by atoms with van der Waals surface area (Å²) in [7, 11) is 1.72. The molecule has 1 unspecified atom stereocenters. The summed E-state index contributed by atoms with van der Waals surface area (Å²) in [4.78, 5) is 28.4. The van der Waals surface area contributed by atoms with Crippen LogP contribution in [0.25, 0.3) is 0 Å². The SMILES string of the molecule is COCC1CCCCN(C(=O)c2ccc(N3CCCC3=O)cc2)C1. The Hall–Kier alpha value is -1.88. The maximum Gasteiger partial charge on any atom is 0.253 e. The molecule has 2 aliphatic heterocycles. The summed E-state index contributed by atoms with van der Waals surface area (Å²) in [5.74, 6) is 0.671. The van der Waals surface area contributed by atoms with Gasteiger partial charge in [-0.25, -0.2) is 0 Å². The zero-order chi connectivity index (χ0) is 16.9. The highest BCUT2D eigenvalue weighted by molar-refractivity contribution is 5.97. The number of amides is 2. The molecule has 2 saturated heterocycles. The van der Waals surface area contributed by atoms with Crippen LogP contribution in [0, 0.1) is 5.92 Å². The van der Waals surface area contributed by atoms with Gasteiger partial charge in [0.1, 0.15) is 0 Å². The van der Waals surface area contributed by atoms with Gasteiger partial charge in [-0.3, -0.25) is 9.59 Å². The Kier molecular flexibility index (Phi) is 5.51. The molecule has 0 spiro atoms. The van der Waals surface area contributed by atoms with Gasteiger partial charge in [0.05, 0.1) is 6.61 Å². The third kappa shape index (κ3) is 3.78. The molecule has 2 aliphatic rings. The molecule has 0 aromatic heterocycles. The minimum absolute atomic E-state index is 0.0808. The van der Waals surface area contributed by atoms with Gasteiger partial charge in [-0.1, -0.05) is 6.42 Å². The van der Waals surface area contributed by atoms with Crippen LogP contribution in [-0.2, 0) is 9.53 Å². The predicted octanol–water partition coefficient (Wildman–Crippen LogP) is 2.70. The Morgan fingerprint density at radius 1 is 1.17 bits per heavy atom. The molecule has 0 radical (unpaired) electrons. The number of methoxy groups -OCH3 is 1. The van der Waals surface area contributed by atoms with Crippen LogP contribution in [0.1, 0.15) is 42.5 Å². The molecule has 1 aromatic rings. The standard InChI is InChI=1S/C19H26N2O3/c1-24-14-15-5-2-3-11-20(13-15)19(23)16-7-9-17(10-8-16)21-12-4-6-18(21)22/h7-10,15H,2-6,11-14H2,1H3. The first kappa shape index (κ1) is 17.0. The Morgan fingerprint density at radius 2 is 1.96 bits per heavy atom. The Balaban J connectivity index is 1.68. The van der Waals surface area contributed by atoms with E-state index in [9.17, 15) is 9.59 Å². The van der Waals surface area contributed by atoms with Gasteiger partial charge in [-0.05, 0) is 49.4 Å². The summed E-state index contributed by atoms with van der Waals surface area (Å²) >= 11 is 0. The third-order valence-corrected chi connectivity index (χ3v) is 4.96. The van der Waals surface area contributed by atoms with Gasteiger partial charge < -0.3 is 14.5 Å². The van der Waals surface area contributed by atoms with E-state index in [0.29, 0.717) is 24.5 Å². The van der Waals surface area contributed by atoms with Crippen molar-refractivity contribution in [1.82, 2.24) is 4.90 Å². The molecule has 2 amide bonds. The summed E-state index contributed by atoms with van der Waals surface area (Å²) < 4.78 is 5.28. The zero-order valence-corrected chi connectivity index (χ0v) is 14.4. The molecular formula is C19H26N2O3. The van der Waals surface area contributed by atoms with E-state index < -0.39 is 0 Å². The number of hydrogen-bond donors (Lipinski definition) is 0. The number of anilines is 1. The van der Waals surface area contributed by atoms with Gasteiger partial charge in [-0.15, -0.1) is 0 Å². The Bertz CT molecular complexity index is 585. The average Bonchev–Trinajstić information content (AvgIpc) is 2.89. The molecule has 5 heteroatoms. The maximum absolute atomic E-state index is 12.8. The first-order valence-corrected chi connectivity index (χ1v) is 8.87. The second kappa shape index (κ2) is 7.79. The normalized spacial score (nSPS) is 21.9. The number of ether oxygens (including phenoxy) is 1. The maximum atomic E-state index is 12.8. The highest BCUT2D eigenvalue weighted by Gasteiger charge is 2.24. The van der Waals surface area contributed by atoms with E-state index >= 15 is 0 Å². The minimum atomic E-state index is 0.0808. The van der Waals surface area contributed by atoms with Crippen molar-refractivity contribution in [3.8, 4) is 0 Å². The lowest BCUT2D eigenvalue weighted by atomic mass is 10.0. The van der Waals surface area contributed by atoms with Gasteiger partial charge >= 0.3 is 0 Å². The van der Waals surface area contributed by atoms with Crippen molar-refractivity contribution in [1.29, 1.82) is 0 Å². The second-order valence-corrected chi connectivity index (χ2v) is 6.76. The molecule has 0 N–H and O–H groups in total. The lowest BCUT2D eigenvalue weighted by Gasteiger charge is -2.24. The summed E-state index contributed by atoms with van der Waals surface area (Å²) in [5, 5.41) is 0. The van der Waals surface area contributed by atoms with Crippen LogP contribution >= 0.6 is 0 Å². The molecule has 0 saturated carbocycles. The Labute approximate surface area is 143 Å². The number of likely N-dealkylation sites (tertiary alicyclic amines) is 1. The first-order chi connectivity index (χ1) is 11.7. The van der Waals surface area contributed by atoms with Crippen LogP contribution in [0.2, 0.25) is 0 Å². The number of hydrogen-bond acceptors (Lipinski definition) is 3. The third-order valence-electron chi connectivity index (χ3n) is 4.96. The van der Waals surface area contributed by atoms with Gasteiger partial charge in [0, 0.05) is 44.4 Å². The van der Waals surface area contributed by atoms with Crippen molar-refractivity contribution < 1.29 is 14.3 Å². The second-order valence-electron chi connectivity index (χ2n) is 6.76. The quantitative estimate of drug-likeness (QED) is 0.853. The molecule has 130 valence electrons. The average molecular weight is 330 g/mol. The van der Waals surface area contributed by atoms with Crippen LogP contribution in [0.4, 0.5) is 5.69 Å². The molecule has 2 heterocycles. The van der Waals surface area contributed by atoms with Crippen molar-refractivity contribution in [2.75, 3.05) is 38.3 Å². The summed E-state index contributed by atoms with van der Waals surface area (Å²) in [6, 6.07) is 7.47. The number of nitrogens with zero attached hydrogens (tertiary/aromatic N) is 2. The highest BCUT2D eigenvalue weighted by Crippen LogP contribution is 2.23. The molecular weight excluding hydrogens is 304 g/mol. The van der Waals surface area contributed by atoms with E-state index in [1.807, 2.05) is 29.2 Å². The fourth-order valence-corrected chi connectivity index (χ4v) is 3.67. The topological polar surface area (TPSA) is 49.9 Å². The van der Waals surface area contributed by atoms with E-state index in [-0.39, 0.29) is 11.8 Å². The number of carbonyl (C=O) groups is 2. The molecule has 2 fully saturated rings. The molecule has 5 nitrogen and oxygen atoms in total. The van der Waals surface area contributed by atoms with Gasteiger partial charge in [0.15, 0.2) is 0 Å². The van der Waals surface area contributed by atoms with Crippen molar-refractivity contribution in [3.63, 3.8) is 0 Å². The first-order valence-electron chi connectivity index (χ1n) is 8.87. The van der Waals surface area contributed by atoms with Crippen LogP contribution < -0.4 is 4.90 Å². The summed E-state index contributed by atoms with van der Waals surface area (Å²) in [5.41, 5.74) is 1.59. The minimum Gasteiger partial charge on any atom is -0.384 e. The van der Waals surface area contributed by atoms with E-state index in [2.05, 4.69) is 0 Å².